The molecule has 0 fully saturated rings. The van der Waals surface area contributed by atoms with Crippen LogP contribution >= 0.6 is 12.4 Å². The van der Waals surface area contributed by atoms with Gasteiger partial charge in [-0.3, -0.25) is 4.79 Å². The Balaban J connectivity index is 0.00000264. The van der Waals surface area contributed by atoms with Crippen molar-refractivity contribution in [2.45, 2.75) is 39.2 Å². The highest BCUT2D eigenvalue weighted by Crippen LogP contribution is 2.18. The van der Waals surface area contributed by atoms with Crippen LogP contribution in [-0.2, 0) is 0 Å². The van der Waals surface area contributed by atoms with Crippen LogP contribution in [0.25, 0.3) is 11.0 Å². The number of hydrogen-bond donors (Lipinski definition) is 2. The van der Waals surface area contributed by atoms with Crippen LogP contribution in [0.4, 0.5) is 0 Å². The monoisotopic (exact) mass is 338 g/mol. The van der Waals surface area contributed by atoms with Gasteiger partial charge < -0.3 is 15.5 Å². The summed E-state index contributed by atoms with van der Waals surface area (Å²) < 4.78 is 5.24. The molecular weight excluding hydrogens is 316 g/mol. The molecule has 0 radical (unpaired) electrons. The summed E-state index contributed by atoms with van der Waals surface area (Å²) in [5, 5.41) is 3.61. The third-order valence-electron chi connectivity index (χ3n) is 3.83. The second kappa shape index (κ2) is 8.70. The first-order chi connectivity index (χ1) is 10.6. The number of aryl methyl sites for hydroxylation is 1. The Morgan fingerprint density at radius 1 is 1.35 bits per heavy atom. The standard InChI is InChI=1S/C17H22N2O3.ClH/c1-3-4-7-12(10-18)19-16(20)15-11(2)13-8-5-6-9-14(13)22-17(15)21;/h5-6,8-9,12H,3-4,7,10,18H2,1-2H3,(H,19,20);1H. The van der Waals surface area contributed by atoms with Crippen molar-refractivity contribution >= 4 is 29.3 Å². The van der Waals surface area contributed by atoms with Gasteiger partial charge in [0.15, 0.2) is 0 Å². The number of halogens is 1. The Hall–Kier alpha value is -1.85. The molecule has 3 N–H and O–H groups in total. The maximum Gasteiger partial charge on any atom is 0.349 e. The molecule has 1 amide bonds. The van der Waals surface area contributed by atoms with Gasteiger partial charge in [-0.1, -0.05) is 38.0 Å². The van der Waals surface area contributed by atoms with E-state index < -0.39 is 11.5 Å². The van der Waals surface area contributed by atoms with E-state index in [1.165, 1.54) is 0 Å². The fourth-order valence-electron chi connectivity index (χ4n) is 2.52. The van der Waals surface area contributed by atoms with Gasteiger partial charge in [0, 0.05) is 18.0 Å². The molecule has 0 aliphatic heterocycles. The maximum absolute atomic E-state index is 12.4. The van der Waals surface area contributed by atoms with Crippen molar-refractivity contribution in [3.05, 3.63) is 45.8 Å². The summed E-state index contributed by atoms with van der Waals surface area (Å²) in [5.41, 5.74) is 6.27. The fourth-order valence-corrected chi connectivity index (χ4v) is 2.52. The minimum Gasteiger partial charge on any atom is -0.422 e. The number of carbonyl (C=O) groups is 1. The van der Waals surface area contributed by atoms with Crippen molar-refractivity contribution in [2.24, 2.45) is 5.73 Å². The van der Waals surface area contributed by atoms with Gasteiger partial charge in [0.2, 0.25) is 0 Å². The normalized spacial score (nSPS) is 11.8. The second-order valence-electron chi connectivity index (χ2n) is 5.43. The van der Waals surface area contributed by atoms with Crippen molar-refractivity contribution in [3.63, 3.8) is 0 Å². The van der Waals surface area contributed by atoms with E-state index >= 15 is 0 Å². The van der Waals surface area contributed by atoms with E-state index in [9.17, 15) is 9.59 Å². The van der Waals surface area contributed by atoms with Gasteiger partial charge >= 0.3 is 5.63 Å². The van der Waals surface area contributed by atoms with Gasteiger partial charge in [0.25, 0.3) is 5.91 Å². The van der Waals surface area contributed by atoms with Crippen molar-refractivity contribution in [2.75, 3.05) is 6.54 Å². The van der Waals surface area contributed by atoms with E-state index in [2.05, 4.69) is 12.2 Å². The van der Waals surface area contributed by atoms with Crippen LogP contribution in [0.1, 0.15) is 42.1 Å². The van der Waals surface area contributed by atoms with E-state index in [0.717, 1.165) is 24.6 Å². The van der Waals surface area contributed by atoms with Gasteiger partial charge in [0.05, 0.1) is 0 Å². The molecule has 0 aliphatic rings. The SMILES string of the molecule is CCCCC(CN)NC(=O)c1c(C)c2ccccc2oc1=O.Cl. The molecule has 0 bridgehead atoms. The molecule has 126 valence electrons. The van der Waals surface area contributed by atoms with Gasteiger partial charge in [-0.25, -0.2) is 4.79 Å². The van der Waals surface area contributed by atoms with Crippen molar-refractivity contribution < 1.29 is 9.21 Å². The zero-order valence-electron chi connectivity index (χ0n) is 13.4. The average molecular weight is 339 g/mol. The van der Waals surface area contributed by atoms with Gasteiger partial charge in [0.1, 0.15) is 11.1 Å². The van der Waals surface area contributed by atoms with E-state index in [1.807, 2.05) is 12.1 Å². The summed E-state index contributed by atoms with van der Waals surface area (Å²) in [6.45, 7) is 4.19. The fraction of sp³-hybridized carbons (Fsp3) is 0.412. The summed E-state index contributed by atoms with van der Waals surface area (Å²) in [4.78, 5) is 24.6. The topological polar surface area (TPSA) is 85.3 Å². The summed E-state index contributed by atoms with van der Waals surface area (Å²) in [7, 11) is 0. The molecule has 5 nitrogen and oxygen atoms in total. The minimum atomic E-state index is -0.611. The molecule has 1 atom stereocenters. The van der Waals surface area contributed by atoms with Crippen LogP contribution in [0.5, 0.6) is 0 Å². The van der Waals surface area contributed by atoms with Gasteiger partial charge in [-0.2, -0.15) is 0 Å². The number of carbonyl (C=O) groups excluding carboxylic acids is 1. The number of nitrogens with two attached hydrogens (primary N) is 1. The largest absolute Gasteiger partial charge is 0.422 e. The highest BCUT2D eigenvalue weighted by molar-refractivity contribution is 5.99. The molecular formula is C17H23ClN2O3. The molecule has 1 aromatic heterocycles. The Morgan fingerprint density at radius 2 is 2.04 bits per heavy atom. The predicted octanol–water partition coefficient (Wildman–Crippen LogP) is 2.77. The second-order valence-corrected chi connectivity index (χ2v) is 5.43. The predicted molar refractivity (Wildman–Crippen MR) is 94.3 cm³/mol. The highest BCUT2D eigenvalue weighted by atomic mass is 35.5. The van der Waals surface area contributed by atoms with Crippen molar-refractivity contribution in [1.29, 1.82) is 0 Å². The summed E-state index contributed by atoms with van der Waals surface area (Å²) in [5.74, 6) is -0.413. The molecule has 2 rings (SSSR count). The molecule has 0 saturated carbocycles. The maximum atomic E-state index is 12.4. The number of nitrogens with one attached hydrogen (secondary N) is 1. The molecule has 0 saturated heterocycles. The Bertz CT molecular complexity index is 727. The summed E-state index contributed by atoms with van der Waals surface area (Å²) in [6, 6.07) is 7.07. The third kappa shape index (κ3) is 4.33. The highest BCUT2D eigenvalue weighted by Gasteiger charge is 2.20. The van der Waals surface area contributed by atoms with Crippen LogP contribution in [0.2, 0.25) is 0 Å². The van der Waals surface area contributed by atoms with E-state index in [-0.39, 0.29) is 24.0 Å². The first-order valence-electron chi connectivity index (χ1n) is 7.61. The van der Waals surface area contributed by atoms with Crippen LogP contribution in [0, 0.1) is 6.92 Å². The van der Waals surface area contributed by atoms with E-state index in [1.54, 1.807) is 19.1 Å². The summed E-state index contributed by atoms with van der Waals surface area (Å²) in [6.07, 6.45) is 2.81. The van der Waals surface area contributed by atoms with E-state index in [0.29, 0.717) is 17.7 Å². The molecule has 0 aliphatic carbocycles. The van der Waals surface area contributed by atoms with Crippen molar-refractivity contribution in [1.82, 2.24) is 5.32 Å². The third-order valence-corrected chi connectivity index (χ3v) is 3.83. The Labute approximate surface area is 141 Å². The zero-order valence-corrected chi connectivity index (χ0v) is 14.2. The molecule has 6 heteroatoms. The summed E-state index contributed by atoms with van der Waals surface area (Å²) >= 11 is 0. The first-order valence-corrected chi connectivity index (χ1v) is 7.61. The van der Waals surface area contributed by atoms with Crippen LogP contribution in [0.15, 0.2) is 33.5 Å². The van der Waals surface area contributed by atoms with E-state index in [4.69, 9.17) is 10.2 Å². The average Bonchev–Trinajstić information content (AvgIpc) is 2.51. The Kier molecular flexibility index (Phi) is 7.26. The molecule has 0 spiro atoms. The quantitative estimate of drug-likeness (QED) is 0.793. The molecule has 23 heavy (non-hydrogen) atoms. The number of amides is 1. The van der Waals surface area contributed by atoms with Gasteiger partial charge in [-0.15, -0.1) is 12.4 Å². The van der Waals surface area contributed by atoms with Crippen LogP contribution in [0.3, 0.4) is 0 Å². The number of hydrogen-bond acceptors (Lipinski definition) is 4. The minimum absolute atomic E-state index is 0. The van der Waals surface area contributed by atoms with Crippen molar-refractivity contribution in [3.8, 4) is 0 Å². The molecule has 2 aromatic rings. The molecule has 1 heterocycles. The lowest BCUT2D eigenvalue weighted by Crippen LogP contribution is -2.42. The number of para-hydroxylation sites is 1. The lowest BCUT2D eigenvalue weighted by molar-refractivity contribution is 0.0931. The molecule has 1 unspecified atom stereocenters. The van der Waals surface area contributed by atoms with Crippen LogP contribution in [-0.4, -0.2) is 18.5 Å². The molecule has 1 aromatic carbocycles. The number of fused-ring (bicyclic) bond motifs is 1. The lowest BCUT2D eigenvalue weighted by Gasteiger charge is -2.17. The van der Waals surface area contributed by atoms with Gasteiger partial charge in [-0.05, 0) is 25.0 Å². The number of rotatable bonds is 6. The zero-order chi connectivity index (χ0) is 16.1. The number of benzene rings is 1. The number of unbranched alkanes of at least 4 members (excludes halogenated alkanes) is 1. The lowest BCUT2D eigenvalue weighted by atomic mass is 10.0. The first kappa shape index (κ1) is 19.2. The smallest absolute Gasteiger partial charge is 0.349 e. The Morgan fingerprint density at radius 3 is 2.70 bits per heavy atom. The van der Waals surface area contributed by atoms with Crippen LogP contribution < -0.4 is 16.7 Å².